The summed E-state index contributed by atoms with van der Waals surface area (Å²) in [4.78, 5) is 35.6. The van der Waals surface area contributed by atoms with Crippen molar-refractivity contribution in [1.82, 2.24) is 19.4 Å². The molecule has 0 aliphatic carbocycles. The van der Waals surface area contributed by atoms with Gasteiger partial charge in [0.25, 0.3) is 11.7 Å². The van der Waals surface area contributed by atoms with Crippen LogP contribution in [0.2, 0.25) is 0 Å². The molecule has 8 heteroatoms. The molecule has 0 bridgehead atoms. The first kappa shape index (κ1) is 20.0. The van der Waals surface area contributed by atoms with Crippen LogP contribution in [0, 0.1) is 0 Å². The van der Waals surface area contributed by atoms with E-state index < -0.39 is 17.7 Å². The summed E-state index contributed by atoms with van der Waals surface area (Å²) in [5.74, 6) is -1.53. The molecule has 7 nitrogen and oxygen atoms in total. The number of likely N-dealkylation sites (tertiary alicyclic amines) is 1. The first-order valence-electron chi connectivity index (χ1n) is 9.47. The molecule has 1 atom stereocenters. The Hall–Kier alpha value is -3.26. The fraction of sp³-hybridized carbons (Fsp3) is 0.182. The van der Waals surface area contributed by atoms with E-state index in [0.717, 1.165) is 4.47 Å². The minimum absolute atomic E-state index is 0.0589. The van der Waals surface area contributed by atoms with Gasteiger partial charge in [0.15, 0.2) is 0 Å². The Morgan fingerprint density at radius 2 is 1.87 bits per heavy atom. The van der Waals surface area contributed by atoms with Crippen LogP contribution in [0.3, 0.4) is 0 Å². The second-order valence-corrected chi connectivity index (χ2v) is 7.82. The van der Waals surface area contributed by atoms with Gasteiger partial charge in [0.1, 0.15) is 11.8 Å². The predicted octanol–water partition coefficient (Wildman–Crippen LogP) is 3.55. The number of ketones is 1. The SMILES string of the molecule is O=C1C(=O)N(CCCn2ccnc2)[C@@H](c2ccccn2)/C1=C(\O)c1ccc(Br)cc1. The van der Waals surface area contributed by atoms with Crippen molar-refractivity contribution >= 4 is 33.4 Å². The third-order valence-electron chi connectivity index (χ3n) is 5.00. The van der Waals surface area contributed by atoms with Gasteiger partial charge in [0.05, 0.1) is 17.6 Å². The summed E-state index contributed by atoms with van der Waals surface area (Å²) in [5, 5.41) is 10.9. The number of carbonyl (C=O) groups is 2. The molecule has 3 heterocycles. The maximum Gasteiger partial charge on any atom is 0.295 e. The van der Waals surface area contributed by atoms with Crippen LogP contribution in [0.15, 0.2) is 77.4 Å². The number of aliphatic hydroxyl groups excluding tert-OH is 1. The second kappa shape index (κ2) is 8.62. The Labute approximate surface area is 181 Å². The van der Waals surface area contributed by atoms with Gasteiger partial charge >= 0.3 is 0 Å². The Bertz CT molecular complexity index is 1080. The number of amides is 1. The van der Waals surface area contributed by atoms with E-state index in [9.17, 15) is 14.7 Å². The molecule has 3 aromatic rings. The highest BCUT2D eigenvalue weighted by Gasteiger charge is 2.46. The molecule has 152 valence electrons. The van der Waals surface area contributed by atoms with Crippen LogP contribution in [0.4, 0.5) is 0 Å². The van der Waals surface area contributed by atoms with Crippen LogP contribution < -0.4 is 0 Å². The quantitative estimate of drug-likeness (QED) is 0.340. The molecule has 2 aromatic heterocycles. The minimum atomic E-state index is -0.738. The number of aliphatic hydroxyl groups is 1. The lowest BCUT2D eigenvalue weighted by Crippen LogP contribution is -2.31. The summed E-state index contributed by atoms with van der Waals surface area (Å²) in [5.41, 5.74) is 1.07. The molecule has 1 fully saturated rings. The number of imidazole rings is 1. The number of Topliss-reactive ketones (excluding diaryl/α,β-unsaturated/α-hetero) is 1. The topological polar surface area (TPSA) is 88.3 Å². The number of benzene rings is 1. The Morgan fingerprint density at radius 3 is 2.53 bits per heavy atom. The Balaban J connectivity index is 1.71. The first-order valence-corrected chi connectivity index (χ1v) is 10.3. The van der Waals surface area contributed by atoms with Crippen LogP contribution in [0.25, 0.3) is 5.76 Å². The van der Waals surface area contributed by atoms with Crippen molar-refractivity contribution in [3.8, 4) is 0 Å². The summed E-state index contributed by atoms with van der Waals surface area (Å²) in [6.07, 6.45) is 7.49. The molecule has 0 spiro atoms. The summed E-state index contributed by atoms with van der Waals surface area (Å²) in [7, 11) is 0. The maximum atomic E-state index is 12.9. The lowest BCUT2D eigenvalue weighted by Gasteiger charge is -2.24. The van der Waals surface area contributed by atoms with E-state index in [2.05, 4.69) is 25.9 Å². The molecule has 1 aliphatic rings. The van der Waals surface area contributed by atoms with E-state index in [-0.39, 0.29) is 11.3 Å². The van der Waals surface area contributed by atoms with E-state index in [4.69, 9.17) is 0 Å². The third kappa shape index (κ3) is 3.91. The average molecular weight is 467 g/mol. The van der Waals surface area contributed by atoms with Gasteiger partial charge in [-0.1, -0.05) is 34.1 Å². The van der Waals surface area contributed by atoms with Gasteiger partial charge < -0.3 is 14.6 Å². The zero-order valence-corrected chi connectivity index (χ0v) is 17.6. The van der Waals surface area contributed by atoms with Crippen molar-refractivity contribution in [2.45, 2.75) is 19.0 Å². The van der Waals surface area contributed by atoms with Crippen molar-refractivity contribution in [3.63, 3.8) is 0 Å². The van der Waals surface area contributed by atoms with Gasteiger partial charge in [-0.05, 0) is 30.7 Å². The summed E-state index contributed by atoms with van der Waals surface area (Å²) in [6, 6.07) is 11.5. The number of rotatable bonds is 6. The molecule has 4 rings (SSSR count). The predicted molar refractivity (Wildman–Crippen MR) is 114 cm³/mol. The van der Waals surface area contributed by atoms with Crippen LogP contribution in [-0.2, 0) is 16.1 Å². The smallest absolute Gasteiger partial charge is 0.295 e. The number of hydrogen-bond acceptors (Lipinski definition) is 5. The average Bonchev–Trinajstić information content (AvgIpc) is 3.37. The van der Waals surface area contributed by atoms with Crippen LogP contribution in [0.5, 0.6) is 0 Å². The van der Waals surface area contributed by atoms with Gasteiger partial charge in [0.2, 0.25) is 0 Å². The van der Waals surface area contributed by atoms with E-state index >= 15 is 0 Å². The largest absolute Gasteiger partial charge is 0.507 e. The first-order chi connectivity index (χ1) is 14.6. The van der Waals surface area contributed by atoms with E-state index in [1.165, 1.54) is 4.90 Å². The number of halogens is 1. The van der Waals surface area contributed by atoms with Crippen molar-refractivity contribution in [1.29, 1.82) is 0 Å². The molecule has 0 radical (unpaired) electrons. The summed E-state index contributed by atoms with van der Waals surface area (Å²) in [6.45, 7) is 1.01. The van der Waals surface area contributed by atoms with E-state index in [1.54, 1.807) is 61.2 Å². The molecule has 1 amide bonds. The van der Waals surface area contributed by atoms with E-state index in [1.807, 2.05) is 10.8 Å². The Morgan fingerprint density at radius 1 is 1.07 bits per heavy atom. The fourth-order valence-electron chi connectivity index (χ4n) is 3.56. The number of nitrogens with zero attached hydrogens (tertiary/aromatic N) is 4. The molecule has 30 heavy (non-hydrogen) atoms. The Kier molecular flexibility index (Phi) is 5.76. The van der Waals surface area contributed by atoms with Gasteiger partial charge in [-0.2, -0.15) is 0 Å². The van der Waals surface area contributed by atoms with Crippen molar-refractivity contribution < 1.29 is 14.7 Å². The molecular formula is C22H19BrN4O3. The summed E-state index contributed by atoms with van der Waals surface area (Å²) < 4.78 is 2.76. The minimum Gasteiger partial charge on any atom is -0.507 e. The molecule has 1 aliphatic heterocycles. The van der Waals surface area contributed by atoms with Gasteiger partial charge in [-0.3, -0.25) is 14.6 Å². The van der Waals surface area contributed by atoms with Crippen LogP contribution in [-0.4, -0.2) is 42.8 Å². The van der Waals surface area contributed by atoms with Crippen molar-refractivity contribution in [2.24, 2.45) is 0 Å². The highest BCUT2D eigenvalue weighted by atomic mass is 79.9. The number of carbonyl (C=O) groups excluding carboxylic acids is 2. The zero-order chi connectivity index (χ0) is 21.1. The summed E-state index contributed by atoms with van der Waals surface area (Å²) >= 11 is 3.36. The molecule has 1 N–H and O–H groups in total. The number of aryl methyl sites for hydroxylation is 1. The number of pyridine rings is 1. The highest BCUT2D eigenvalue weighted by molar-refractivity contribution is 9.10. The monoisotopic (exact) mass is 466 g/mol. The fourth-order valence-corrected chi connectivity index (χ4v) is 3.83. The third-order valence-corrected chi connectivity index (χ3v) is 5.53. The van der Waals surface area contributed by atoms with Crippen molar-refractivity contribution in [3.05, 3.63) is 88.7 Å². The van der Waals surface area contributed by atoms with Gasteiger partial charge in [-0.15, -0.1) is 0 Å². The van der Waals surface area contributed by atoms with E-state index in [0.29, 0.717) is 30.8 Å². The highest BCUT2D eigenvalue weighted by Crippen LogP contribution is 2.38. The number of hydrogen-bond donors (Lipinski definition) is 1. The van der Waals surface area contributed by atoms with Gasteiger partial charge in [-0.25, -0.2) is 4.98 Å². The van der Waals surface area contributed by atoms with Crippen LogP contribution >= 0.6 is 15.9 Å². The molecule has 1 aromatic carbocycles. The zero-order valence-electron chi connectivity index (χ0n) is 16.0. The molecule has 0 saturated carbocycles. The second-order valence-electron chi connectivity index (χ2n) is 6.91. The number of aromatic nitrogens is 3. The lowest BCUT2D eigenvalue weighted by atomic mass is 9.98. The normalized spacial score (nSPS) is 18.2. The van der Waals surface area contributed by atoms with Crippen molar-refractivity contribution in [2.75, 3.05) is 6.54 Å². The van der Waals surface area contributed by atoms with Crippen LogP contribution in [0.1, 0.15) is 23.7 Å². The standard InChI is InChI=1S/C22H19BrN4O3/c23-16-7-5-15(6-8-16)20(28)18-19(17-4-1-2-9-25-17)27(22(30)21(18)29)12-3-11-26-13-10-24-14-26/h1-2,4-10,13-14,19,28H,3,11-12H2/b20-18+/t19-/m0/s1. The molecular weight excluding hydrogens is 448 g/mol. The van der Waals surface area contributed by atoms with Gasteiger partial charge in [0, 0.05) is 41.7 Å². The maximum absolute atomic E-state index is 12.9. The molecule has 0 unspecified atom stereocenters. The molecule has 1 saturated heterocycles. The lowest BCUT2D eigenvalue weighted by molar-refractivity contribution is -0.140.